The molecule has 0 saturated heterocycles. The third-order valence-electron chi connectivity index (χ3n) is 3.53. The van der Waals surface area contributed by atoms with Gasteiger partial charge in [0, 0.05) is 11.9 Å². The molecule has 0 N–H and O–H groups in total. The first-order valence-electron chi connectivity index (χ1n) is 7.32. The van der Waals surface area contributed by atoms with E-state index in [1.165, 1.54) is 38.5 Å². The highest BCUT2D eigenvalue weighted by Crippen LogP contribution is 2.22. The lowest BCUT2D eigenvalue weighted by Gasteiger charge is -2.04. The Morgan fingerprint density at radius 1 is 1.10 bits per heavy atom. The van der Waals surface area contributed by atoms with Crippen LogP contribution >= 0.6 is 15.9 Å². The molecule has 0 aliphatic rings. The smallest absolute Gasteiger partial charge is 0.262 e. The third kappa shape index (κ3) is 5.23. The van der Waals surface area contributed by atoms with E-state index in [1.807, 2.05) is 0 Å². The summed E-state index contributed by atoms with van der Waals surface area (Å²) in [5.41, 5.74) is 1.35. The molecule has 6 heteroatoms. The fourth-order valence-electron chi connectivity index (χ4n) is 2.41. The van der Waals surface area contributed by atoms with Crippen LogP contribution in [0.25, 0.3) is 0 Å². The summed E-state index contributed by atoms with van der Waals surface area (Å²) >= 11 is 3.44. The Labute approximate surface area is 129 Å². The van der Waals surface area contributed by atoms with Gasteiger partial charge in [0.1, 0.15) is 11.4 Å². The van der Waals surface area contributed by atoms with Crippen molar-refractivity contribution in [3.63, 3.8) is 0 Å². The highest BCUT2D eigenvalue weighted by atomic mass is 79.9. The quantitative estimate of drug-likeness (QED) is 0.271. The van der Waals surface area contributed by atoms with Gasteiger partial charge in [-0.05, 0) is 26.7 Å². The molecule has 1 rings (SSSR count). The maximum Gasteiger partial charge on any atom is 0.312 e. The molecular weight excluding hydrogens is 322 g/mol. The number of aromatic nitrogens is 2. The van der Waals surface area contributed by atoms with Crippen LogP contribution in [0.4, 0.5) is 5.69 Å². The van der Waals surface area contributed by atoms with Crippen molar-refractivity contribution in [2.45, 2.75) is 65.3 Å². The molecule has 0 atom stereocenters. The molecular formula is C14H24BrN3O2. The summed E-state index contributed by atoms with van der Waals surface area (Å²) in [5.74, 6) is 0. The number of alkyl halides is 1. The first-order valence-corrected chi connectivity index (χ1v) is 8.44. The molecule has 114 valence electrons. The number of rotatable bonds is 10. The van der Waals surface area contributed by atoms with Crippen LogP contribution in [-0.2, 0) is 6.54 Å². The van der Waals surface area contributed by atoms with Crippen molar-refractivity contribution in [1.82, 2.24) is 9.78 Å². The van der Waals surface area contributed by atoms with Gasteiger partial charge in [0.15, 0.2) is 0 Å². The minimum atomic E-state index is -0.335. The molecule has 0 fully saturated rings. The van der Waals surface area contributed by atoms with Crippen LogP contribution in [0.3, 0.4) is 0 Å². The Morgan fingerprint density at radius 3 is 2.15 bits per heavy atom. The van der Waals surface area contributed by atoms with Gasteiger partial charge in [-0.25, -0.2) is 0 Å². The predicted molar refractivity (Wildman–Crippen MR) is 84.5 cm³/mol. The largest absolute Gasteiger partial charge is 0.312 e. The van der Waals surface area contributed by atoms with Gasteiger partial charge >= 0.3 is 5.69 Å². The standard InChI is InChI=1S/C14H24BrN3O2/c1-12-14(18(19)20)13(2)17(16-12)11-9-7-5-3-4-6-8-10-15/h3-11H2,1-2H3. The molecule has 0 bridgehead atoms. The fraction of sp³-hybridized carbons (Fsp3) is 0.786. The second kappa shape index (κ2) is 9.10. The molecule has 0 saturated carbocycles. The number of hydrogen-bond donors (Lipinski definition) is 0. The third-order valence-corrected chi connectivity index (χ3v) is 4.09. The lowest BCUT2D eigenvalue weighted by atomic mass is 10.1. The van der Waals surface area contributed by atoms with E-state index >= 15 is 0 Å². The molecule has 0 radical (unpaired) electrons. The van der Waals surface area contributed by atoms with E-state index in [0.29, 0.717) is 11.4 Å². The van der Waals surface area contributed by atoms with Crippen LogP contribution in [0.1, 0.15) is 56.3 Å². The predicted octanol–water partition coefficient (Wildman–Crippen LogP) is 4.53. The molecule has 0 aromatic carbocycles. The van der Waals surface area contributed by atoms with Crippen molar-refractivity contribution in [2.75, 3.05) is 5.33 Å². The molecule has 0 amide bonds. The molecule has 5 nitrogen and oxygen atoms in total. The molecule has 1 heterocycles. The van der Waals surface area contributed by atoms with Crippen molar-refractivity contribution in [2.24, 2.45) is 0 Å². The van der Waals surface area contributed by atoms with Crippen molar-refractivity contribution < 1.29 is 4.92 Å². The van der Waals surface area contributed by atoms with E-state index in [-0.39, 0.29) is 10.6 Å². The lowest BCUT2D eigenvalue weighted by Crippen LogP contribution is -2.03. The molecule has 0 aliphatic heterocycles. The van der Waals surface area contributed by atoms with Gasteiger partial charge in [0.2, 0.25) is 0 Å². The Kier molecular flexibility index (Phi) is 7.80. The minimum Gasteiger partial charge on any atom is -0.262 e. The van der Waals surface area contributed by atoms with E-state index in [4.69, 9.17) is 0 Å². The summed E-state index contributed by atoms with van der Waals surface area (Å²) in [6, 6.07) is 0. The normalized spacial score (nSPS) is 10.9. The zero-order valence-corrected chi connectivity index (χ0v) is 14.0. The van der Waals surface area contributed by atoms with Crippen LogP contribution in [0.5, 0.6) is 0 Å². The first-order chi connectivity index (χ1) is 9.57. The second-order valence-electron chi connectivity index (χ2n) is 5.16. The average Bonchev–Trinajstić information content (AvgIpc) is 2.67. The zero-order chi connectivity index (χ0) is 15.0. The van der Waals surface area contributed by atoms with Gasteiger partial charge in [0.05, 0.1) is 4.92 Å². The van der Waals surface area contributed by atoms with Gasteiger partial charge in [-0.15, -0.1) is 0 Å². The second-order valence-corrected chi connectivity index (χ2v) is 5.96. The fourth-order valence-corrected chi connectivity index (χ4v) is 2.81. The van der Waals surface area contributed by atoms with Crippen LogP contribution in [0, 0.1) is 24.0 Å². The van der Waals surface area contributed by atoms with Crippen LogP contribution in [-0.4, -0.2) is 20.0 Å². The molecule has 1 aromatic rings. The topological polar surface area (TPSA) is 61.0 Å². The Hall–Kier alpha value is -0.910. The Bertz CT molecular complexity index is 432. The Balaban J connectivity index is 2.26. The van der Waals surface area contributed by atoms with E-state index < -0.39 is 0 Å². The number of unbranched alkanes of at least 4 members (excludes halogenated alkanes) is 6. The highest BCUT2D eigenvalue weighted by Gasteiger charge is 2.21. The zero-order valence-electron chi connectivity index (χ0n) is 12.4. The van der Waals surface area contributed by atoms with Gasteiger partial charge in [-0.3, -0.25) is 14.8 Å². The summed E-state index contributed by atoms with van der Waals surface area (Å²) in [5, 5.41) is 16.3. The summed E-state index contributed by atoms with van der Waals surface area (Å²) in [4.78, 5) is 10.6. The van der Waals surface area contributed by atoms with Crippen molar-refractivity contribution in [3.05, 3.63) is 21.5 Å². The van der Waals surface area contributed by atoms with Gasteiger partial charge in [-0.1, -0.05) is 48.0 Å². The highest BCUT2D eigenvalue weighted by molar-refractivity contribution is 9.09. The summed E-state index contributed by atoms with van der Waals surface area (Å²) < 4.78 is 1.78. The number of hydrogen-bond acceptors (Lipinski definition) is 3. The molecule has 0 unspecified atom stereocenters. The van der Waals surface area contributed by atoms with Gasteiger partial charge in [0.25, 0.3) is 0 Å². The van der Waals surface area contributed by atoms with Gasteiger partial charge in [-0.2, -0.15) is 5.10 Å². The summed E-state index contributed by atoms with van der Waals surface area (Å²) in [6.45, 7) is 4.26. The maximum atomic E-state index is 10.9. The number of nitro groups is 1. The summed E-state index contributed by atoms with van der Waals surface area (Å²) in [6.07, 6.45) is 8.59. The molecule has 20 heavy (non-hydrogen) atoms. The number of halogens is 1. The van der Waals surface area contributed by atoms with Crippen LogP contribution < -0.4 is 0 Å². The monoisotopic (exact) mass is 345 g/mol. The van der Waals surface area contributed by atoms with Crippen molar-refractivity contribution in [3.8, 4) is 0 Å². The summed E-state index contributed by atoms with van der Waals surface area (Å²) in [7, 11) is 0. The van der Waals surface area contributed by atoms with E-state index in [9.17, 15) is 10.1 Å². The molecule has 0 aliphatic carbocycles. The first kappa shape index (κ1) is 17.1. The number of aryl methyl sites for hydroxylation is 2. The molecule has 0 spiro atoms. The van der Waals surface area contributed by atoms with E-state index in [2.05, 4.69) is 21.0 Å². The van der Waals surface area contributed by atoms with Crippen LogP contribution in [0.2, 0.25) is 0 Å². The van der Waals surface area contributed by atoms with Crippen molar-refractivity contribution >= 4 is 21.6 Å². The number of nitrogens with zero attached hydrogens (tertiary/aromatic N) is 3. The Morgan fingerprint density at radius 2 is 1.65 bits per heavy atom. The molecule has 1 aromatic heterocycles. The lowest BCUT2D eigenvalue weighted by molar-refractivity contribution is -0.386. The van der Waals surface area contributed by atoms with E-state index in [1.54, 1.807) is 18.5 Å². The average molecular weight is 346 g/mol. The van der Waals surface area contributed by atoms with Gasteiger partial charge < -0.3 is 0 Å². The minimum absolute atomic E-state index is 0.166. The van der Waals surface area contributed by atoms with Crippen LogP contribution in [0.15, 0.2) is 0 Å². The maximum absolute atomic E-state index is 10.9. The SMILES string of the molecule is Cc1nn(CCCCCCCCCBr)c(C)c1[N+](=O)[O-]. The van der Waals surface area contributed by atoms with E-state index in [0.717, 1.165) is 18.3 Å². The van der Waals surface area contributed by atoms with Crippen molar-refractivity contribution in [1.29, 1.82) is 0 Å².